The first-order valence-corrected chi connectivity index (χ1v) is 14.0. The van der Waals surface area contributed by atoms with Gasteiger partial charge in [0.15, 0.2) is 6.10 Å². The van der Waals surface area contributed by atoms with Crippen LogP contribution >= 0.6 is 11.6 Å². The summed E-state index contributed by atoms with van der Waals surface area (Å²) in [6.45, 7) is 3.03. The maximum Gasteiger partial charge on any atom is 0.416 e. The second-order valence-electron chi connectivity index (χ2n) is 10.3. The molecule has 3 amide bonds. The Bertz CT molecular complexity index is 1410. The van der Waals surface area contributed by atoms with Crippen molar-refractivity contribution in [3.05, 3.63) is 94.8 Å². The van der Waals surface area contributed by atoms with Crippen molar-refractivity contribution in [2.75, 3.05) is 14.2 Å². The lowest BCUT2D eigenvalue weighted by atomic mass is 9.96. The molecule has 3 aromatic rings. The Labute approximate surface area is 258 Å². The van der Waals surface area contributed by atoms with Crippen molar-refractivity contribution in [3.8, 4) is 5.75 Å². The molecule has 4 atom stereocenters. The number of methoxy groups -OCH3 is 2. The van der Waals surface area contributed by atoms with Crippen LogP contribution < -0.4 is 20.7 Å². The van der Waals surface area contributed by atoms with Gasteiger partial charge in [-0.1, -0.05) is 49.7 Å². The zero-order valence-electron chi connectivity index (χ0n) is 24.5. The third-order valence-electron chi connectivity index (χ3n) is 6.80. The van der Waals surface area contributed by atoms with Gasteiger partial charge in [0.05, 0.1) is 13.2 Å². The summed E-state index contributed by atoms with van der Waals surface area (Å²) in [5, 5.41) is 8.04. The topological polar surface area (TPSA) is 119 Å². The van der Waals surface area contributed by atoms with Gasteiger partial charge in [-0.3, -0.25) is 19.4 Å². The largest absolute Gasteiger partial charge is 0.497 e. The van der Waals surface area contributed by atoms with Crippen LogP contribution in [-0.2, 0) is 20.7 Å². The third-order valence-corrected chi connectivity index (χ3v) is 7.03. The molecule has 236 valence electrons. The van der Waals surface area contributed by atoms with Crippen molar-refractivity contribution in [2.24, 2.45) is 5.92 Å². The van der Waals surface area contributed by atoms with E-state index in [0.29, 0.717) is 16.3 Å². The molecular weight excluding hydrogens is 601 g/mol. The van der Waals surface area contributed by atoms with Gasteiger partial charge in [0.1, 0.15) is 17.8 Å². The van der Waals surface area contributed by atoms with Crippen LogP contribution in [0.4, 0.5) is 13.2 Å². The van der Waals surface area contributed by atoms with Gasteiger partial charge >= 0.3 is 6.18 Å². The Morgan fingerprint density at radius 2 is 1.64 bits per heavy atom. The number of rotatable bonds is 13. The van der Waals surface area contributed by atoms with Gasteiger partial charge in [-0.2, -0.15) is 13.2 Å². The highest BCUT2D eigenvalue weighted by Crippen LogP contribution is 2.29. The van der Waals surface area contributed by atoms with E-state index in [1.807, 2.05) is 0 Å². The number of halogens is 4. The van der Waals surface area contributed by atoms with E-state index in [1.54, 1.807) is 42.6 Å². The monoisotopic (exact) mass is 634 g/mol. The summed E-state index contributed by atoms with van der Waals surface area (Å²) in [4.78, 5) is 44.6. The first kappa shape index (κ1) is 34.3. The van der Waals surface area contributed by atoms with Crippen molar-refractivity contribution < 1.29 is 37.0 Å². The fourth-order valence-corrected chi connectivity index (χ4v) is 4.69. The Balaban J connectivity index is 1.96. The zero-order chi connectivity index (χ0) is 32.4. The third kappa shape index (κ3) is 9.42. The number of aromatic nitrogens is 1. The molecule has 0 spiro atoms. The highest BCUT2D eigenvalue weighted by Gasteiger charge is 2.47. The molecule has 0 aliphatic heterocycles. The summed E-state index contributed by atoms with van der Waals surface area (Å²) >= 11 is 6.04. The summed E-state index contributed by atoms with van der Waals surface area (Å²) in [6, 6.07) is 11.5. The summed E-state index contributed by atoms with van der Waals surface area (Å²) in [7, 11) is 2.36. The van der Waals surface area contributed by atoms with Crippen molar-refractivity contribution in [1.29, 1.82) is 0 Å². The van der Waals surface area contributed by atoms with Crippen LogP contribution in [0, 0.1) is 5.92 Å². The Morgan fingerprint density at radius 1 is 0.932 bits per heavy atom. The first-order chi connectivity index (χ1) is 20.8. The molecule has 3 N–H and O–H groups in total. The lowest BCUT2D eigenvalue weighted by molar-refractivity contribution is -0.224. The highest BCUT2D eigenvalue weighted by molar-refractivity contribution is 6.31. The zero-order valence-corrected chi connectivity index (χ0v) is 25.3. The maximum absolute atomic E-state index is 13.8. The molecule has 0 radical (unpaired) electrons. The fraction of sp³-hybridized carbons (Fsp3) is 0.355. The van der Waals surface area contributed by atoms with E-state index in [9.17, 15) is 27.6 Å². The number of hydrogen-bond acceptors (Lipinski definition) is 6. The molecule has 0 saturated heterocycles. The Kier molecular flexibility index (Phi) is 12.1. The quantitative estimate of drug-likeness (QED) is 0.252. The molecule has 0 aliphatic rings. The van der Waals surface area contributed by atoms with E-state index in [0.717, 1.165) is 7.11 Å². The Hall–Kier alpha value is -4.16. The molecular formula is C31H34ClF3N4O5. The van der Waals surface area contributed by atoms with Gasteiger partial charge in [-0.25, -0.2) is 0 Å². The molecule has 0 saturated carbocycles. The first-order valence-electron chi connectivity index (χ1n) is 13.6. The van der Waals surface area contributed by atoms with Gasteiger partial charge in [-0.05, 0) is 53.4 Å². The molecule has 0 bridgehead atoms. The normalized spacial score (nSPS) is 14.2. The van der Waals surface area contributed by atoms with E-state index >= 15 is 0 Å². The summed E-state index contributed by atoms with van der Waals surface area (Å²) in [6.07, 6.45) is -4.00. The number of carbonyl (C=O) groups is 3. The average Bonchev–Trinajstić information content (AvgIpc) is 2.99. The van der Waals surface area contributed by atoms with Crippen LogP contribution in [0.2, 0.25) is 5.02 Å². The van der Waals surface area contributed by atoms with Crippen molar-refractivity contribution >= 4 is 29.3 Å². The predicted octanol–water partition coefficient (Wildman–Crippen LogP) is 4.66. The number of hydrogen-bond donors (Lipinski definition) is 3. The van der Waals surface area contributed by atoms with Crippen molar-refractivity contribution in [1.82, 2.24) is 20.9 Å². The van der Waals surface area contributed by atoms with Crippen molar-refractivity contribution in [2.45, 2.75) is 50.7 Å². The van der Waals surface area contributed by atoms with Gasteiger partial charge in [0, 0.05) is 36.5 Å². The average molecular weight is 635 g/mol. The van der Waals surface area contributed by atoms with E-state index < -0.39 is 54.0 Å². The van der Waals surface area contributed by atoms with Crippen LogP contribution in [-0.4, -0.2) is 61.3 Å². The minimum Gasteiger partial charge on any atom is -0.497 e. The van der Waals surface area contributed by atoms with Gasteiger partial charge in [-0.15, -0.1) is 0 Å². The van der Waals surface area contributed by atoms with Crippen LogP contribution in [0.25, 0.3) is 0 Å². The van der Waals surface area contributed by atoms with Crippen LogP contribution in [0.5, 0.6) is 5.75 Å². The molecule has 1 unspecified atom stereocenters. The molecule has 9 nitrogen and oxygen atoms in total. The molecule has 13 heteroatoms. The van der Waals surface area contributed by atoms with Crippen LogP contribution in [0.3, 0.4) is 0 Å². The summed E-state index contributed by atoms with van der Waals surface area (Å²) in [5.41, 5.74) is 1.07. The number of nitrogens with one attached hydrogen (secondary N) is 3. The molecule has 2 aromatic carbocycles. The minimum absolute atomic E-state index is 0.00261. The molecule has 1 heterocycles. The lowest BCUT2D eigenvalue weighted by Gasteiger charge is -2.33. The summed E-state index contributed by atoms with van der Waals surface area (Å²) in [5.74, 6) is -2.50. The van der Waals surface area contributed by atoms with Crippen LogP contribution in [0.1, 0.15) is 41.4 Å². The van der Waals surface area contributed by atoms with E-state index in [4.69, 9.17) is 21.1 Å². The number of carbonyl (C=O) groups excluding carboxylic acids is 3. The van der Waals surface area contributed by atoms with Crippen LogP contribution in [0.15, 0.2) is 73.1 Å². The molecule has 1 aromatic heterocycles. The standard InChI is InChI=1S/C31H34ClF3N4O5/c1-18(2)25(27(44-4)31(33,34)35)38-30(42)26(20-10-12-23(43-3)13-11-20)39-29(41)24(15-19-7-6-14-36-17-19)37-28(40)21-8-5-9-22(32)16-21/h5-14,16-18,24-27H,15H2,1-4H3,(H,37,40)(H,38,42)(H,39,41)/t24-,25-,26-,27?/m0/s1. The molecule has 44 heavy (non-hydrogen) atoms. The number of ether oxygens (including phenoxy) is 2. The van der Waals surface area contributed by atoms with Gasteiger partial charge < -0.3 is 25.4 Å². The fourth-order valence-electron chi connectivity index (χ4n) is 4.50. The SMILES string of the molecule is COc1ccc([C@H](NC(=O)[C@H](Cc2cccnc2)NC(=O)c2cccc(Cl)c2)C(=O)N[C@@H](C(C)C)C(OC)C(F)(F)F)cc1. The highest BCUT2D eigenvalue weighted by atomic mass is 35.5. The number of pyridine rings is 1. The summed E-state index contributed by atoms with van der Waals surface area (Å²) < 4.78 is 51.3. The van der Waals surface area contributed by atoms with Gasteiger partial charge in [0.25, 0.3) is 5.91 Å². The second kappa shape index (κ2) is 15.5. The number of alkyl halides is 3. The molecule has 0 aliphatic carbocycles. The van der Waals surface area contributed by atoms with E-state index in [2.05, 4.69) is 20.9 Å². The number of nitrogens with zero attached hydrogens (tertiary/aromatic N) is 1. The second-order valence-corrected chi connectivity index (χ2v) is 10.7. The van der Waals surface area contributed by atoms with E-state index in [1.165, 1.54) is 51.4 Å². The predicted molar refractivity (Wildman–Crippen MR) is 158 cm³/mol. The van der Waals surface area contributed by atoms with Crippen molar-refractivity contribution in [3.63, 3.8) is 0 Å². The smallest absolute Gasteiger partial charge is 0.416 e. The lowest BCUT2D eigenvalue weighted by Crippen LogP contribution is -2.57. The maximum atomic E-state index is 13.8. The van der Waals surface area contributed by atoms with Gasteiger partial charge in [0.2, 0.25) is 11.8 Å². The minimum atomic E-state index is -4.77. The number of benzene rings is 2. The van der Waals surface area contributed by atoms with E-state index in [-0.39, 0.29) is 17.5 Å². The molecule has 3 rings (SSSR count). The molecule has 0 fully saturated rings. The Morgan fingerprint density at radius 3 is 2.18 bits per heavy atom. The number of amides is 3.